The molecule has 3 aromatic carbocycles. The normalized spacial score (nSPS) is 11.4. The number of benzene rings is 3. The van der Waals surface area contributed by atoms with Crippen LogP contribution in [0.2, 0.25) is 0 Å². The predicted octanol–water partition coefficient (Wildman–Crippen LogP) is 5.00. The number of esters is 1. The van der Waals surface area contributed by atoms with Gasteiger partial charge in [-0.2, -0.15) is 0 Å². The topological polar surface area (TPSA) is 52.6 Å². The molecule has 5 heteroatoms. The minimum atomic E-state index is -1.02. The number of ketones is 1. The van der Waals surface area contributed by atoms with Crippen LogP contribution in [0.25, 0.3) is 0 Å². The first-order chi connectivity index (χ1) is 13.1. The molecular weight excluding hydrogens is 408 g/mol. The zero-order valence-corrected chi connectivity index (χ0v) is 16.0. The Hall–Kier alpha value is -2.92. The van der Waals surface area contributed by atoms with E-state index in [4.69, 9.17) is 9.47 Å². The van der Waals surface area contributed by atoms with Gasteiger partial charge in [-0.05, 0) is 24.3 Å². The van der Waals surface area contributed by atoms with E-state index in [2.05, 4.69) is 15.9 Å². The van der Waals surface area contributed by atoms with Gasteiger partial charge in [0.2, 0.25) is 5.78 Å². The van der Waals surface area contributed by atoms with Crippen LogP contribution in [-0.2, 0) is 9.53 Å². The van der Waals surface area contributed by atoms with Crippen LogP contribution in [-0.4, -0.2) is 18.4 Å². The SMILES string of the molecule is O=C(COc1ccc(Br)cc1)O[C@@H](C(=O)c1ccccc1)c1ccccc1. The number of hydrogen-bond acceptors (Lipinski definition) is 4. The Balaban J connectivity index is 1.72. The van der Waals surface area contributed by atoms with Crippen molar-refractivity contribution in [3.8, 4) is 5.75 Å². The molecule has 0 aliphatic carbocycles. The zero-order chi connectivity index (χ0) is 19.1. The number of carbonyl (C=O) groups excluding carboxylic acids is 2. The summed E-state index contributed by atoms with van der Waals surface area (Å²) in [4.78, 5) is 25.2. The minimum absolute atomic E-state index is 0.279. The third-order valence-electron chi connectivity index (χ3n) is 3.82. The molecule has 3 aromatic rings. The van der Waals surface area contributed by atoms with Crippen LogP contribution in [0, 0.1) is 0 Å². The summed E-state index contributed by atoms with van der Waals surface area (Å²) in [6.07, 6.45) is -1.02. The Morgan fingerprint density at radius 1 is 0.815 bits per heavy atom. The van der Waals surface area contributed by atoms with Gasteiger partial charge >= 0.3 is 5.97 Å². The molecule has 136 valence electrons. The maximum Gasteiger partial charge on any atom is 0.345 e. The van der Waals surface area contributed by atoms with E-state index in [9.17, 15) is 9.59 Å². The summed E-state index contributed by atoms with van der Waals surface area (Å²) in [5, 5.41) is 0. The molecule has 4 nitrogen and oxygen atoms in total. The van der Waals surface area contributed by atoms with Gasteiger partial charge in [0.05, 0.1) is 0 Å². The molecular formula is C22H17BrO4. The summed E-state index contributed by atoms with van der Waals surface area (Å²) in [6.45, 7) is -0.285. The van der Waals surface area contributed by atoms with Gasteiger partial charge in [-0.1, -0.05) is 76.6 Å². The lowest BCUT2D eigenvalue weighted by Crippen LogP contribution is -2.23. The molecule has 0 radical (unpaired) electrons. The number of rotatable bonds is 7. The number of Topliss-reactive ketones (excluding diaryl/α,β-unsaturated/α-hetero) is 1. The first-order valence-electron chi connectivity index (χ1n) is 8.35. The van der Waals surface area contributed by atoms with Crippen LogP contribution in [0.5, 0.6) is 5.75 Å². The largest absolute Gasteiger partial charge is 0.482 e. The van der Waals surface area contributed by atoms with E-state index in [1.807, 2.05) is 24.3 Å². The van der Waals surface area contributed by atoms with Crippen molar-refractivity contribution in [1.82, 2.24) is 0 Å². The molecule has 0 N–H and O–H groups in total. The highest BCUT2D eigenvalue weighted by molar-refractivity contribution is 9.10. The van der Waals surface area contributed by atoms with E-state index < -0.39 is 12.1 Å². The number of carbonyl (C=O) groups is 2. The minimum Gasteiger partial charge on any atom is -0.482 e. The molecule has 0 fully saturated rings. The Morgan fingerprint density at radius 3 is 2.04 bits per heavy atom. The molecule has 27 heavy (non-hydrogen) atoms. The maximum absolute atomic E-state index is 12.9. The van der Waals surface area contributed by atoms with Crippen LogP contribution in [0.15, 0.2) is 89.4 Å². The first-order valence-corrected chi connectivity index (χ1v) is 9.15. The molecule has 0 saturated heterocycles. The van der Waals surface area contributed by atoms with Gasteiger partial charge < -0.3 is 9.47 Å². The van der Waals surface area contributed by atoms with Crippen LogP contribution >= 0.6 is 15.9 Å². The Morgan fingerprint density at radius 2 is 1.41 bits per heavy atom. The summed E-state index contributed by atoms with van der Waals surface area (Å²) in [6, 6.07) is 24.8. The number of halogens is 1. The number of ether oxygens (including phenoxy) is 2. The fraction of sp³-hybridized carbons (Fsp3) is 0.0909. The maximum atomic E-state index is 12.9. The molecule has 0 aliphatic heterocycles. The molecule has 1 atom stereocenters. The fourth-order valence-electron chi connectivity index (χ4n) is 2.49. The lowest BCUT2D eigenvalue weighted by Gasteiger charge is -2.17. The van der Waals surface area contributed by atoms with Crippen molar-refractivity contribution in [2.75, 3.05) is 6.61 Å². The van der Waals surface area contributed by atoms with Gasteiger partial charge in [0.15, 0.2) is 12.7 Å². The second-order valence-corrected chi connectivity index (χ2v) is 6.67. The average molecular weight is 425 g/mol. The van der Waals surface area contributed by atoms with E-state index in [1.165, 1.54) is 0 Å². The second kappa shape index (κ2) is 9.14. The van der Waals surface area contributed by atoms with E-state index >= 15 is 0 Å². The molecule has 0 spiro atoms. The smallest absolute Gasteiger partial charge is 0.345 e. The Bertz CT molecular complexity index is 893. The van der Waals surface area contributed by atoms with Crippen molar-refractivity contribution in [2.24, 2.45) is 0 Å². The van der Waals surface area contributed by atoms with Crippen LogP contribution in [0.4, 0.5) is 0 Å². The average Bonchev–Trinajstić information content (AvgIpc) is 2.72. The summed E-state index contributed by atoms with van der Waals surface area (Å²) >= 11 is 3.34. The summed E-state index contributed by atoms with van der Waals surface area (Å²) in [5.74, 6) is -0.351. The monoisotopic (exact) mass is 424 g/mol. The van der Waals surface area contributed by atoms with Gasteiger partial charge in [-0.15, -0.1) is 0 Å². The standard InChI is InChI=1S/C22H17BrO4/c23-18-11-13-19(14-12-18)26-15-20(24)27-22(17-9-5-2-6-10-17)21(25)16-7-3-1-4-8-16/h1-14,22H,15H2/t22-/m1/s1. The predicted molar refractivity (Wildman–Crippen MR) is 106 cm³/mol. The van der Waals surface area contributed by atoms with Crippen molar-refractivity contribution < 1.29 is 19.1 Å². The second-order valence-electron chi connectivity index (χ2n) is 5.75. The molecule has 0 bridgehead atoms. The summed E-state index contributed by atoms with van der Waals surface area (Å²) < 4.78 is 11.8. The van der Waals surface area contributed by atoms with Gasteiger partial charge in [0.25, 0.3) is 0 Å². The summed E-state index contributed by atoms with van der Waals surface area (Å²) in [5.41, 5.74) is 1.09. The van der Waals surface area contributed by atoms with E-state index in [-0.39, 0.29) is 12.4 Å². The Kier molecular flexibility index (Phi) is 6.39. The molecule has 0 amide bonds. The van der Waals surface area contributed by atoms with Crippen molar-refractivity contribution in [3.05, 3.63) is 101 Å². The highest BCUT2D eigenvalue weighted by Crippen LogP contribution is 2.23. The van der Waals surface area contributed by atoms with Crippen molar-refractivity contribution in [1.29, 1.82) is 0 Å². The van der Waals surface area contributed by atoms with Crippen molar-refractivity contribution >= 4 is 27.7 Å². The van der Waals surface area contributed by atoms with Crippen molar-refractivity contribution in [2.45, 2.75) is 6.10 Å². The quantitative estimate of drug-likeness (QED) is 0.395. The zero-order valence-electron chi connectivity index (χ0n) is 14.4. The fourth-order valence-corrected chi connectivity index (χ4v) is 2.76. The van der Waals surface area contributed by atoms with Gasteiger partial charge in [0, 0.05) is 15.6 Å². The third-order valence-corrected chi connectivity index (χ3v) is 4.35. The molecule has 0 aliphatic rings. The van der Waals surface area contributed by atoms with E-state index in [0.29, 0.717) is 16.9 Å². The van der Waals surface area contributed by atoms with E-state index in [1.54, 1.807) is 60.7 Å². The first kappa shape index (κ1) is 18.9. The van der Waals surface area contributed by atoms with Gasteiger partial charge in [0.1, 0.15) is 5.75 Å². The summed E-state index contributed by atoms with van der Waals surface area (Å²) in [7, 11) is 0. The van der Waals surface area contributed by atoms with Crippen LogP contribution in [0.3, 0.4) is 0 Å². The lowest BCUT2D eigenvalue weighted by molar-refractivity contribution is -0.149. The Labute approximate surface area is 165 Å². The molecule has 0 heterocycles. The molecule has 0 aromatic heterocycles. The van der Waals surface area contributed by atoms with E-state index in [0.717, 1.165) is 4.47 Å². The molecule has 0 unspecified atom stereocenters. The lowest BCUT2D eigenvalue weighted by atomic mass is 10.00. The van der Waals surface area contributed by atoms with Crippen LogP contribution < -0.4 is 4.74 Å². The molecule has 0 saturated carbocycles. The van der Waals surface area contributed by atoms with Crippen molar-refractivity contribution in [3.63, 3.8) is 0 Å². The molecule has 3 rings (SSSR count). The highest BCUT2D eigenvalue weighted by Gasteiger charge is 2.26. The van der Waals surface area contributed by atoms with Crippen LogP contribution in [0.1, 0.15) is 22.0 Å². The van der Waals surface area contributed by atoms with Gasteiger partial charge in [-0.3, -0.25) is 4.79 Å². The number of hydrogen-bond donors (Lipinski definition) is 0. The highest BCUT2D eigenvalue weighted by atomic mass is 79.9. The third kappa shape index (κ3) is 5.28. The van der Waals surface area contributed by atoms with Gasteiger partial charge in [-0.25, -0.2) is 4.79 Å².